The highest BCUT2D eigenvalue weighted by molar-refractivity contribution is 9.10. The van der Waals surface area contributed by atoms with Crippen LogP contribution in [0.2, 0.25) is 5.02 Å². The zero-order valence-electron chi connectivity index (χ0n) is 11.5. The smallest absolute Gasteiger partial charge is 0.147 e. The van der Waals surface area contributed by atoms with E-state index in [1.165, 1.54) is 11.1 Å². The molecular weight excluding hydrogens is 353 g/mol. The van der Waals surface area contributed by atoms with Crippen molar-refractivity contribution in [1.29, 1.82) is 0 Å². The highest BCUT2D eigenvalue weighted by Gasteiger charge is 2.28. The van der Waals surface area contributed by atoms with Crippen molar-refractivity contribution in [3.8, 4) is 0 Å². The molecule has 2 atom stereocenters. The van der Waals surface area contributed by atoms with E-state index in [2.05, 4.69) is 28.1 Å². The number of rotatable bonds is 2. The summed E-state index contributed by atoms with van der Waals surface area (Å²) in [7, 11) is 0. The SMILES string of the molecule is NC(c1ccc(Br)c(Cl)c1F)C1CCCc2ccccc21. The molecule has 0 fully saturated rings. The lowest BCUT2D eigenvalue weighted by Crippen LogP contribution is -2.24. The van der Waals surface area contributed by atoms with Gasteiger partial charge in [-0.3, -0.25) is 0 Å². The number of benzene rings is 2. The fraction of sp³-hybridized carbons (Fsp3) is 0.294. The molecule has 0 amide bonds. The molecule has 2 aromatic carbocycles. The van der Waals surface area contributed by atoms with Gasteiger partial charge in [0, 0.05) is 22.0 Å². The molecule has 2 aromatic rings. The van der Waals surface area contributed by atoms with Crippen LogP contribution in [0.5, 0.6) is 0 Å². The van der Waals surface area contributed by atoms with E-state index in [1.54, 1.807) is 12.1 Å². The lowest BCUT2D eigenvalue weighted by molar-refractivity contribution is 0.458. The minimum atomic E-state index is -0.415. The molecular formula is C17H16BrClFN. The van der Waals surface area contributed by atoms with Gasteiger partial charge in [0.1, 0.15) is 5.82 Å². The quantitative estimate of drug-likeness (QED) is 0.709. The summed E-state index contributed by atoms with van der Waals surface area (Å²) in [6.45, 7) is 0. The summed E-state index contributed by atoms with van der Waals surface area (Å²) in [5.74, 6) is -0.275. The summed E-state index contributed by atoms with van der Waals surface area (Å²) in [6.07, 6.45) is 3.13. The van der Waals surface area contributed by atoms with E-state index in [1.807, 2.05) is 12.1 Å². The molecule has 0 heterocycles. The van der Waals surface area contributed by atoms with E-state index in [0.29, 0.717) is 10.0 Å². The second kappa shape index (κ2) is 6.07. The summed E-state index contributed by atoms with van der Waals surface area (Å²) in [5, 5.41) is 0.104. The van der Waals surface area contributed by atoms with Crippen LogP contribution in [-0.4, -0.2) is 0 Å². The second-order valence-electron chi connectivity index (χ2n) is 5.49. The molecule has 110 valence electrons. The Kier molecular flexibility index (Phi) is 4.34. The maximum Gasteiger partial charge on any atom is 0.147 e. The van der Waals surface area contributed by atoms with Gasteiger partial charge >= 0.3 is 0 Å². The van der Waals surface area contributed by atoms with Gasteiger partial charge in [-0.05, 0) is 52.4 Å². The maximum atomic E-state index is 14.4. The number of halogens is 3. The summed E-state index contributed by atoms with van der Waals surface area (Å²) in [5.41, 5.74) is 9.45. The van der Waals surface area contributed by atoms with Gasteiger partial charge in [0.25, 0.3) is 0 Å². The third kappa shape index (κ3) is 2.75. The molecule has 0 aromatic heterocycles. The van der Waals surface area contributed by atoms with Gasteiger partial charge in [-0.15, -0.1) is 0 Å². The van der Waals surface area contributed by atoms with Crippen molar-refractivity contribution in [3.05, 3.63) is 68.4 Å². The molecule has 21 heavy (non-hydrogen) atoms. The summed E-state index contributed by atoms with van der Waals surface area (Å²) < 4.78 is 15.0. The van der Waals surface area contributed by atoms with Crippen molar-refractivity contribution < 1.29 is 4.39 Å². The van der Waals surface area contributed by atoms with Crippen molar-refractivity contribution in [2.75, 3.05) is 0 Å². The molecule has 0 saturated carbocycles. The number of nitrogens with two attached hydrogens (primary N) is 1. The monoisotopic (exact) mass is 367 g/mol. The van der Waals surface area contributed by atoms with Crippen LogP contribution in [0.3, 0.4) is 0 Å². The summed E-state index contributed by atoms with van der Waals surface area (Å²) >= 11 is 9.23. The highest BCUT2D eigenvalue weighted by atomic mass is 79.9. The van der Waals surface area contributed by atoms with E-state index >= 15 is 0 Å². The zero-order chi connectivity index (χ0) is 15.0. The first-order chi connectivity index (χ1) is 10.1. The lowest BCUT2D eigenvalue weighted by Gasteiger charge is -2.30. The van der Waals surface area contributed by atoms with Crippen LogP contribution >= 0.6 is 27.5 Å². The van der Waals surface area contributed by atoms with Crippen LogP contribution in [-0.2, 0) is 6.42 Å². The number of hydrogen-bond acceptors (Lipinski definition) is 1. The number of aryl methyl sites for hydroxylation is 1. The topological polar surface area (TPSA) is 26.0 Å². The van der Waals surface area contributed by atoms with Crippen molar-refractivity contribution in [2.24, 2.45) is 5.73 Å². The summed E-state index contributed by atoms with van der Waals surface area (Å²) in [4.78, 5) is 0. The van der Waals surface area contributed by atoms with Crippen molar-refractivity contribution in [3.63, 3.8) is 0 Å². The lowest BCUT2D eigenvalue weighted by atomic mass is 9.77. The molecule has 1 aliphatic carbocycles. The normalized spacial score (nSPS) is 19.1. The Morgan fingerprint density at radius 3 is 2.81 bits per heavy atom. The van der Waals surface area contributed by atoms with Crippen LogP contribution in [0.15, 0.2) is 40.9 Å². The highest BCUT2D eigenvalue weighted by Crippen LogP contribution is 2.41. The maximum absolute atomic E-state index is 14.4. The van der Waals surface area contributed by atoms with Crippen molar-refractivity contribution in [2.45, 2.75) is 31.2 Å². The predicted octanol–water partition coefficient (Wildman–Crippen LogP) is 5.36. The standard InChI is InChI=1S/C17H16BrClFN/c18-14-9-8-13(16(20)15(14)19)17(21)12-7-3-5-10-4-1-2-6-11(10)12/h1-2,4,6,8-9,12,17H,3,5,7,21H2. The minimum absolute atomic E-state index is 0.104. The first-order valence-electron chi connectivity index (χ1n) is 7.06. The fourth-order valence-corrected chi connectivity index (χ4v) is 3.66. The van der Waals surface area contributed by atoms with Crippen LogP contribution in [0.1, 0.15) is 41.5 Å². The molecule has 2 unspecified atom stereocenters. The number of hydrogen-bond donors (Lipinski definition) is 1. The van der Waals surface area contributed by atoms with E-state index < -0.39 is 5.82 Å². The molecule has 4 heteroatoms. The largest absolute Gasteiger partial charge is 0.323 e. The molecule has 2 N–H and O–H groups in total. The van der Waals surface area contributed by atoms with Crippen LogP contribution in [0.4, 0.5) is 4.39 Å². The fourth-order valence-electron chi connectivity index (χ4n) is 3.18. The average molecular weight is 369 g/mol. The van der Waals surface area contributed by atoms with Gasteiger partial charge < -0.3 is 5.73 Å². The van der Waals surface area contributed by atoms with E-state index in [9.17, 15) is 4.39 Å². The van der Waals surface area contributed by atoms with Gasteiger partial charge in [0.2, 0.25) is 0 Å². The minimum Gasteiger partial charge on any atom is -0.323 e. The van der Waals surface area contributed by atoms with Crippen molar-refractivity contribution >= 4 is 27.5 Å². The van der Waals surface area contributed by atoms with Crippen LogP contribution in [0.25, 0.3) is 0 Å². The Balaban J connectivity index is 2.01. The Labute approximate surface area is 137 Å². The average Bonchev–Trinajstić information content (AvgIpc) is 2.51. The third-order valence-electron chi connectivity index (χ3n) is 4.27. The third-order valence-corrected chi connectivity index (χ3v) is 5.53. The molecule has 0 bridgehead atoms. The Hall–Kier alpha value is -0.900. The first-order valence-corrected chi connectivity index (χ1v) is 8.23. The van der Waals surface area contributed by atoms with Crippen LogP contribution < -0.4 is 5.73 Å². The van der Waals surface area contributed by atoms with Gasteiger partial charge in [-0.1, -0.05) is 41.9 Å². The molecule has 0 radical (unpaired) electrons. The molecule has 3 rings (SSSR count). The first kappa shape index (κ1) is 15.0. The molecule has 0 saturated heterocycles. The second-order valence-corrected chi connectivity index (χ2v) is 6.72. The molecule has 0 aliphatic heterocycles. The van der Waals surface area contributed by atoms with Crippen LogP contribution in [0, 0.1) is 5.82 Å². The van der Waals surface area contributed by atoms with Crippen molar-refractivity contribution in [1.82, 2.24) is 0 Å². The number of fused-ring (bicyclic) bond motifs is 1. The summed E-state index contributed by atoms with van der Waals surface area (Å²) in [6, 6.07) is 11.4. The van der Waals surface area contributed by atoms with Gasteiger partial charge in [0.05, 0.1) is 5.02 Å². The van der Waals surface area contributed by atoms with E-state index in [-0.39, 0.29) is 17.0 Å². The molecule has 0 spiro atoms. The predicted molar refractivity (Wildman–Crippen MR) is 88.2 cm³/mol. The molecule has 1 aliphatic rings. The zero-order valence-corrected chi connectivity index (χ0v) is 13.8. The van der Waals surface area contributed by atoms with E-state index in [4.69, 9.17) is 17.3 Å². The molecule has 1 nitrogen and oxygen atoms in total. The Morgan fingerprint density at radius 2 is 2.00 bits per heavy atom. The Morgan fingerprint density at radius 1 is 1.24 bits per heavy atom. The van der Waals surface area contributed by atoms with E-state index in [0.717, 1.165) is 19.3 Å². The Bertz CT molecular complexity index is 674. The van der Waals surface area contributed by atoms with Gasteiger partial charge in [-0.25, -0.2) is 4.39 Å². The van der Waals surface area contributed by atoms with Gasteiger partial charge in [0.15, 0.2) is 0 Å². The van der Waals surface area contributed by atoms with Gasteiger partial charge in [-0.2, -0.15) is 0 Å².